The zero-order chi connectivity index (χ0) is 13.3. The van der Waals surface area contributed by atoms with Crippen molar-refractivity contribution in [1.29, 1.82) is 0 Å². The summed E-state index contributed by atoms with van der Waals surface area (Å²) in [4.78, 5) is 16.8. The van der Waals surface area contributed by atoms with Crippen molar-refractivity contribution in [2.45, 2.75) is 34.1 Å². The third-order valence-corrected chi connectivity index (χ3v) is 3.14. The summed E-state index contributed by atoms with van der Waals surface area (Å²) < 4.78 is 1.64. The minimum absolute atomic E-state index is 0.0133. The third kappa shape index (κ3) is 2.08. The molecule has 1 aromatic heterocycles. The molecule has 0 N–H and O–H groups in total. The highest BCUT2D eigenvalue weighted by Gasteiger charge is 2.16. The molecule has 2 rings (SSSR count). The maximum absolute atomic E-state index is 12.6. The van der Waals surface area contributed by atoms with Gasteiger partial charge in [-0.3, -0.25) is 9.36 Å². The van der Waals surface area contributed by atoms with Crippen molar-refractivity contribution in [3.8, 4) is 0 Å². The van der Waals surface area contributed by atoms with Crippen LogP contribution < -0.4 is 0 Å². The van der Waals surface area contributed by atoms with Crippen molar-refractivity contribution in [3.05, 3.63) is 52.6 Å². The van der Waals surface area contributed by atoms with E-state index in [2.05, 4.69) is 4.98 Å². The van der Waals surface area contributed by atoms with E-state index >= 15 is 0 Å². The van der Waals surface area contributed by atoms with E-state index < -0.39 is 0 Å². The fraction of sp³-hybridized carbons (Fsp3) is 0.333. The first kappa shape index (κ1) is 12.6. The van der Waals surface area contributed by atoms with Gasteiger partial charge in [0.05, 0.1) is 0 Å². The molecule has 3 heteroatoms. The van der Waals surface area contributed by atoms with Crippen LogP contribution in [0.1, 0.15) is 39.8 Å². The average Bonchev–Trinajstić information content (AvgIpc) is 2.75. The quantitative estimate of drug-likeness (QED) is 0.811. The van der Waals surface area contributed by atoms with Gasteiger partial charge in [0.2, 0.25) is 0 Å². The van der Waals surface area contributed by atoms with Crippen LogP contribution in [0.4, 0.5) is 0 Å². The zero-order valence-electron chi connectivity index (χ0n) is 11.3. The predicted octanol–water partition coefficient (Wildman–Crippen LogP) is 3.06. The lowest BCUT2D eigenvalue weighted by Crippen LogP contribution is -2.17. The van der Waals surface area contributed by atoms with E-state index in [1.807, 2.05) is 39.8 Å². The number of aryl methyl sites for hydroxylation is 4. The first-order chi connectivity index (χ1) is 8.54. The summed E-state index contributed by atoms with van der Waals surface area (Å²) in [5, 5.41) is 0. The van der Waals surface area contributed by atoms with Crippen LogP contribution >= 0.6 is 0 Å². The number of hydrogen-bond acceptors (Lipinski definition) is 2. The van der Waals surface area contributed by atoms with Gasteiger partial charge in [0.1, 0.15) is 5.82 Å². The van der Waals surface area contributed by atoms with Crippen LogP contribution in [-0.4, -0.2) is 15.5 Å². The van der Waals surface area contributed by atoms with E-state index in [1.165, 1.54) is 5.56 Å². The van der Waals surface area contributed by atoms with Gasteiger partial charge in [-0.25, -0.2) is 4.98 Å². The molecule has 1 heterocycles. The standard InChI is InChI=1S/C15H18N2O/c1-5-13-16-6-7-17(13)15(18)14-11(3)8-10(2)9-12(14)4/h6-9H,5H2,1-4H3. The minimum Gasteiger partial charge on any atom is -0.270 e. The van der Waals surface area contributed by atoms with E-state index in [9.17, 15) is 4.79 Å². The number of aromatic nitrogens is 2. The fourth-order valence-corrected chi connectivity index (χ4v) is 2.42. The largest absolute Gasteiger partial charge is 0.270 e. The number of rotatable bonds is 2. The third-order valence-electron chi connectivity index (χ3n) is 3.14. The number of nitrogens with zero attached hydrogens (tertiary/aromatic N) is 2. The molecular weight excluding hydrogens is 224 g/mol. The van der Waals surface area contributed by atoms with Gasteiger partial charge in [-0.15, -0.1) is 0 Å². The molecule has 0 saturated carbocycles. The van der Waals surface area contributed by atoms with E-state index in [0.717, 1.165) is 28.9 Å². The second-order valence-electron chi connectivity index (χ2n) is 4.65. The predicted molar refractivity (Wildman–Crippen MR) is 72.0 cm³/mol. The molecule has 0 unspecified atom stereocenters. The highest BCUT2D eigenvalue weighted by Crippen LogP contribution is 2.18. The van der Waals surface area contributed by atoms with E-state index in [0.29, 0.717) is 0 Å². The van der Waals surface area contributed by atoms with Crippen LogP contribution in [0.25, 0.3) is 0 Å². The monoisotopic (exact) mass is 242 g/mol. The molecule has 18 heavy (non-hydrogen) atoms. The van der Waals surface area contributed by atoms with Crippen molar-refractivity contribution in [3.63, 3.8) is 0 Å². The first-order valence-corrected chi connectivity index (χ1v) is 6.19. The lowest BCUT2D eigenvalue weighted by atomic mass is 9.99. The van der Waals surface area contributed by atoms with Gasteiger partial charge in [0.25, 0.3) is 5.91 Å². The van der Waals surface area contributed by atoms with E-state index in [4.69, 9.17) is 0 Å². The van der Waals surface area contributed by atoms with Crippen molar-refractivity contribution in [1.82, 2.24) is 9.55 Å². The van der Waals surface area contributed by atoms with Crippen molar-refractivity contribution < 1.29 is 4.79 Å². The summed E-state index contributed by atoms with van der Waals surface area (Å²) in [6.07, 6.45) is 4.16. The Labute approximate surface area is 107 Å². The van der Waals surface area contributed by atoms with Gasteiger partial charge in [-0.1, -0.05) is 24.6 Å². The molecule has 0 atom stereocenters. The fourth-order valence-electron chi connectivity index (χ4n) is 2.42. The summed E-state index contributed by atoms with van der Waals surface area (Å²) >= 11 is 0. The summed E-state index contributed by atoms with van der Waals surface area (Å²) in [6.45, 7) is 8.01. The normalized spacial score (nSPS) is 10.7. The summed E-state index contributed by atoms with van der Waals surface area (Å²) in [6, 6.07) is 4.09. The molecule has 2 aromatic rings. The Kier molecular flexibility index (Phi) is 3.32. The van der Waals surface area contributed by atoms with Crippen molar-refractivity contribution in [2.24, 2.45) is 0 Å². The SMILES string of the molecule is CCc1nccn1C(=O)c1c(C)cc(C)cc1C. The molecule has 3 nitrogen and oxygen atoms in total. The van der Waals surface area contributed by atoms with E-state index in [-0.39, 0.29) is 5.91 Å². The molecule has 0 aliphatic rings. The van der Waals surface area contributed by atoms with Gasteiger partial charge in [0, 0.05) is 24.4 Å². The Bertz CT molecular complexity index is 573. The van der Waals surface area contributed by atoms with Crippen LogP contribution in [0.3, 0.4) is 0 Å². The maximum atomic E-state index is 12.6. The summed E-state index contributed by atoms with van der Waals surface area (Å²) in [5.41, 5.74) is 4.01. The second-order valence-corrected chi connectivity index (χ2v) is 4.65. The molecule has 0 aliphatic heterocycles. The Morgan fingerprint density at radius 1 is 1.22 bits per heavy atom. The van der Waals surface area contributed by atoms with Crippen LogP contribution in [0.2, 0.25) is 0 Å². The van der Waals surface area contributed by atoms with Crippen LogP contribution in [0.15, 0.2) is 24.5 Å². The number of hydrogen-bond donors (Lipinski definition) is 0. The van der Waals surface area contributed by atoms with Gasteiger partial charge in [-0.05, 0) is 31.9 Å². The van der Waals surface area contributed by atoms with Crippen LogP contribution in [-0.2, 0) is 6.42 Å². The molecule has 0 spiro atoms. The van der Waals surface area contributed by atoms with E-state index in [1.54, 1.807) is 17.0 Å². The molecule has 94 valence electrons. The molecular formula is C15H18N2O. The molecule has 0 amide bonds. The topological polar surface area (TPSA) is 34.9 Å². The molecule has 0 aliphatic carbocycles. The molecule has 0 saturated heterocycles. The maximum Gasteiger partial charge on any atom is 0.263 e. The zero-order valence-corrected chi connectivity index (χ0v) is 11.3. The van der Waals surface area contributed by atoms with Gasteiger partial charge >= 0.3 is 0 Å². The average molecular weight is 242 g/mol. The van der Waals surface area contributed by atoms with Crippen LogP contribution in [0, 0.1) is 20.8 Å². The summed E-state index contributed by atoms with van der Waals surface area (Å²) in [5.74, 6) is 0.818. The molecule has 1 aromatic carbocycles. The number of carbonyl (C=O) groups excluding carboxylic acids is 1. The smallest absolute Gasteiger partial charge is 0.263 e. The Hall–Kier alpha value is -1.90. The van der Waals surface area contributed by atoms with Gasteiger partial charge in [-0.2, -0.15) is 0 Å². The minimum atomic E-state index is 0.0133. The van der Waals surface area contributed by atoms with Crippen LogP contribution in [0.5, 0.6) is 0 Å². The van der Waals surface area contributed by atoms with Gasteiger partial charge < -0.3 is 0 Å². The number of carbonyl (C=O) groups is 1. The highest BCUT2D eigenvalue weighted by atomic mass is 16.2. The second kappa shape index (κ2) is 4.77. The van der Waals surface area contributed by atoms with Crippen molar-refractivity contribution >= 4 is 5.91 Å². The lowest BCUT2D eigenvalue weighted by molar-refractivity contribution is 0.0955. The Morgan fingerprint density at radius 2 is 1.83 bits per heavy atom. The molecule has 0 bridgehead atoms. The molecule has 0 radical (unpaired) electrons. The lowest BCUT2D eigenvalue weighted by Gasteiger charge is -2.12. The number of benzene rings is 1. The molecule has 0 fully saturated rings. The number of imidazole rings is 1. The first-order valence-electron chi connectivity index (χ1n) is 6.19. The summed E-state index contributed by atoms with van der Waals surface area (Å²) in [7, 11) is 0. The highest BCUT2D eigenvalue weighted by molar-refractivity contribution is 5.99. The Balaban J connectivity index is 2.53. The Morgan fingerprint density at radius 3 is 2.39 bits per heavy atom. The van der Waals surface area contributed by atoms with Gasteiger partial charge in [0.15, 0.2) is 0 Å². The van der Waals surface area contributed by atoms with Crippen molar-refractivity contribution in [2.75, 3.05) is 0 Å².